The van der Waals surface area contributed by atoms with Gasteiger partial charge in [0.1, 0.15) is 0 Å². The minimum Gasteiger partial charge on any atom is -0.455 e. The van der Waals surface area contributed by atoms with Crippen LogP contribution in [0.15, 0.2) is 35.7 Å². The number of carbonyl (C=O) groups excluding carboxylic acids is 2. The van der Waals surface area contributed by atoms with Crippen LogP contribution < -0.4 is 5.32 Å². The van der Waals surface area contributed by atoms with Crippen LogP contribution in [0.5, 0.6) is 0 Å². The highest BCUT2D eigenvalue weighted by molar-refractivity contribution is 7.92. The van der Waals surface area contributed by atoms with E-state index in [2.05, 4.69) is 5.32 Å². The Morgan fingerprint density at radius 3 is 2.52 bits per heavy atom. The molecule has 1 fully saturated rings. The Kier molecular flexibility index (Phi) is 8.85. The molecule has 1 N–H and O–H groups in total. The lowest BCUT2D eigenvalue weighted by molar-refractivity contribution is -0.153. The molecule has 0 unspecified atom stereocenters. The Labute approximate surface area is 173 Å². The second-order valence-electron chi connectivity index (χ2n) is 7.30. The van der Waals surface area contributed by atoms with Crippen LogP contribution in [0.4, 0.5) is 0 Å². The summed E-state index contributed by atoms with van der Waals surface area (Å²) in [6.45, 7) is 4.14. The van der Waals surface area contributed by atoms with Gasteiger partial charge >= 0.3 is 5.97 Å². The van der Waals surface area contributed by atoms with Gasteiger partial charge in [0.05, 0.1) is 5.92 Å². The first-order chi connectivity index (χ1) is 13.8. The third-order valence-corrected chi connectivity index (χ3v) is 6.42. The van der Waals surface area contributed by atoms with E-state index in [4.69, 9.17) is 4.74 Å². The Morgan fingerprint density at radius 1 is 1.24 bits per heavy atom. The third kappa shape index (κ3) is 7.62. The van der Waals surface area contributed by atoms with Gasteiger partial charge < -0.3 is 10.1 Å². The topological polar surface area (TPSA) is 92.8 Å². The molecule has 0 bridgehead atoms. The number of rotatable bonds is 9. The third-order valence-electron chi connectivity index (χ3n) is 4.85. The zero-order valence-electron chi connectivity index (χ0n) is 17.0. The van der Waals surface area contributed by atoms with Crippen LogP contribution >= 0.6 is 0 Å². The molecule has 0 aliphatic carbocycles. The molecule has 1 saturated heterocycles. The molecule has 0 aromatic heterocycles. The van der Waals surface area contributed by atoms with Crippen LogP contribution in [0, 0.1) is 5.92 Å². The Bertz CT molecular complexity index is 800. The highest BCUT2D eigenvalue weighted by Crippen LogP contribution is 2.22. The summed E-state index contributed by atoms with van der Waals surface area (Å²) in [5, 5.41) is 3.98. The molecule has 160 valence electrons. The van der Waals surface area contributed by atoms with E-state index in [1.807, 2.05) is 44.2 Å². The van der Waals surface area contributed by atoms with Crippen LogP contribution in [0.25, 0.3) is 6.08 Å². The van der Waals surface area contributed by atoms with Crippen molar-refractivity contribution in [3.8, 4) is 0 Å². The summed E-state index contributed by atoms with van der Waals surface area (Å²) in [5.74, 6) is -1.15. The van der Waals surface area contributed by atoms with Gasteiger partial charge in [-0.2, -0.15) is 4.31 Å². The fourth-order valence-corrected chi connectivity index (χ4v) is 4.46. The van der Waals surface area contributed by atoms with Crippen molar-refractivity contribution in [1.29, 1.82) is 0 Å². The highest BCUT2D eigenvalue weighted by atomic mass is 32.2. The van der Waals surface area contributed by atoms with Gasteiger partial charge in [-0.15, -0.1) is 0 Å². The van der Waals surface area contributed by atoms with E-state index in [-0.39, 0.29) is 37.6 Å². The minimum atomic E-state index is -3.54. The van der Waals surface area contributed by atoms with Crippen LogP contribution in [0.3, 0.4) is 0 Å². The summed E-state index contributed by atoms with van der Waals surface area (Å²) in [7, 11) is -3.54. The van der Waals surface area contributed by atoms with Crippen molar-refractivity contribution in [2.75, 3.05) is 19.7 Å². The first-order valence-electron chi connectivity index (χ1n) is 10.0. The summed E-state index contributed by atoms with van der Waals surface area (Å²) >= 11 is 0. The lowest BCUT2D eigenvalue weighted by atomic mass is 9.98. The molecule has 8 heteroatoms. The van der Waals surface area contributed by atoms with Gasteiger partial charge in [-0.05, 0) is 37.8 Å². The van der Waals surface area contributed by atoms with Crippen molar-refractivity contribution in [3.63, 3.8) is 0 Å². The van der Waals surface area contributed by atoms with E-state index in [1.54, 1.807) is 6.08 Å². The van der Waals surface area contributed by atoms with Gasteiger partial charge in [0, 0.05) is 24.5 Å². The number of nitrogens with zero attached hydrogens (tertiary/aromatic N) is 1. The van der Waals surface area contributed by atoms with Gasteiger partial charge in [0.15, 0.2) is 6.61 Å². The molecular formula is C21H30N2O5S. The largest absolute Gasteiger partial charge is 0.455 e. The lowest BCUT2D eigenvalue weighted by Crippen LogP contribution is -2.41. The molecule has 1 aromatic carbocycles. The molecule has 0 spiro atoms. The average molecular weight is 423 g/mol. The zero-order chi connectivity index (χ0) is 21.3. The molecule has 1 aromatic rings. The van der Waals surface area contributed by atoms with Crippen molar-refractivity contribution < 1.29 is 22.7 Å². The van der Waals surface area contributed by atoms with Gasteiger partial charge in [-0.1, -0.05) is 43.7 Å². The summed E-state index contributed by atoms with van der Waals surface area (Å²) in [6, 6.07) is 9.25. The van der Waals surface area contributed by atoms with Gasteiger partial charge in [0.2, 0.25) is 10.0 Å². The van der Waals surface area contributed by atoms with Gasteiger partial charge in [-0.3, -0.25) is 9.59 Å². The summed E-state index contributed by atoms with van der Waals surface area (Å²) in [5.41, 5.74) is 0.807. The standard InChI is InChI=1S/C21H30N2O5S/c1-3-7-17(2)22-20(24)16-28-21(25)19-10-13-23(14-11-19)29(26,27)15-12-18-8-5-4-6-9-18/h4-6,8-9,12,15,17,19H,3,7,10-11,13-14,16H2,1-2H3,(H,22,24)/b15-12+/t17-/m1/s1. The molecule has 0 saturated carbocycles. The molecule has 1 atom stereocenters. The molecule has 29 heavy (non-hydrogen) atoms. The van der Waals surface area contributed by atoms with E-state index in [0.29, 0.717) is 12.8 Å². The SMILES string of the molecule is CCC[C@@H](C)NC(=O)COC(=O)C1CCN(S(=O)(=O)/C=C/c2ccccc2)CC1. The Balaban J connectivity index is 1.78. The monoisotopic (exact) mass is 422 g/mol. The predicted octanol–water partition coefficient (Wildman–Crippen LogP) is 2.55. The molecule has 2 rings (SSSR count). The summed E-state index contributed by atoms with van der Waals surface area (Å²) in [4.78, 5) is 24.0. The maximum Gasteiger partial charge on any atom is 0.309 e. The predicted molar refractivity (Wildman–Crippen MR) is 112 cm³/mol. The number of esters is 1. The Hall–Kier alpha value is -2.19. The molecule has 7 nitrogen and oxygen atoms in total. The quantitative estimate of drug-likeness (QED) is 0.618. The van der Waals surface area contributed by atoms with E-state index < -0.39 is 16.0 Å². The number of carbonyl (C=O) groups is 2. The minimum absolute atomic E-state index is 0.0450. The molecule has 1 aliphatic heterocycles. The number of amides is 1. The number of ether oxygens (including phenoxy) is 1. The smallest absolute Gasteiger partial charge is 0.309 e. The second kappa shape index (κ2) is 11.1. The molecule has 0 radical (unpaired) electrons. The van der Waals surface area contributed by atoms with Crippen molar-refractivity contribution in [3.05, 3.63) is 41.3 Å². The van der Waals surface area contributed by atoms with Crippen molar-refractivity contribution in [1.82, 2.24) is 9.62 Å². The molecule has 1 aliphatic rings. The van der Waals surface area contributed by atoms with Crippen LogP contribution in [0.1, 0.15) is 45.1 Å². The number of piperidine rings is 1. The van der Waals surface area contributed by atoms with Gasteiger partial charge in [-0.25, -0.2) is 8.42 Å². The molecule has 1 amide bonds. The molecule has 1 heterocycles. The fraction of sp³-hybridized carbons (Fsp3) is 0.524. The van der Waals surface area contributed by atoms with Crippen LogP contribution in [-0.4, -0.2) is 50.3 Å². The fourth-order valence-electron chi connectivity index (χ4n) is 3.24. The second-order valence-corrected chi connectivity index (χ2v) is 9.12. The summed E-state index contributed by atoms with van der Waals surface area (Å²) < 4.78 is 31.4. The van der Waals surface area contributed by atoms with Crippen LogP contribution in [-0.2, 0) is 24.3 Å². The van der Waals surface area contributed by atoms with Crippen LogP contribution in [0.2, 0.25) is 0 Å². The van der Waals surface area contributed by atoms with E-state index in [0.717, 1.165) is 18.4 Å². The number of nitrogens with one attached hydrogen (secondary N) is 1. The number of benzene rings is 1. The van der Waals surface area contributed by atoms with Crippen molar-refractivity contribution in [2.24, 2.45) is 5.92 Å². The summed E-state index contributed by atoms with van der Waals surface area (Å²) in [6.07, 6.45) is 4.15. The lowest BCUT2D eigenvalue weighted by Gasteiger charge is -2.29. The average Bonchev–Trinajstić information content (AvgIpc) is 2.71. The highest BCUT2D eigenvalue weighted by Gasteiger charge is 2.31. The van der Waals surface area contributed by atoms with Gasteiger partial charge in [0.25, 0.3) is 5.91 Å². The van der Waals surface area contributed by atoms with Crippen molar-refractivity contribution in [2.45, 2.75) is 45.6 Å². The van der Waals surface area contributed by atoms with E-state index in [1.165, 1.54) is 9.71 Å². The first-order valence-corrected chi connectivity index (χ1v) is 11.5. The maximum atomic E-state index is 12.5. The Morgan fingerprint density at radius 2 is 1.90 bits per heavy atom. The normalized spacial score (nSPS) is 17.2. The van der Waals surface area contributed by atoms with Crippen molar-refractivity contribution >= 4 is 28.0 Å². The maximum absolute atomic E-state index is 12.5. The number of sulfonamides is 1. The first kappa shape index (κ1) is 23.1. The number of hydrogen-bond donors (Lipinski definition) is 1. The molecular weight excluding hydrogens is 392 g/mol. The van der Waals surface area contributed by atoms with E-state index in [9.17, 15) is 18.0 Å². The zero-order valence-corrected chi connectivity index (χ0v) is 17.9. The number of hydrogen-bond acceptors (Lipinski definition) is 5. The van der Waals surface area contributed by atoms with E-state index >= 15 is 0 Å².